The molecule has 2 heterocycles. The number of nitrogens with one attached hydrogen (secondary N) is 1. The Labute approximate surface area is 130 Å². The maximum Gasteiger partial charge on any atom is 0.230 e. The van der Waals surface area contributed by atoms with Crippen molar-refractivity contribution in [3.63, 3.8) is 0 Å². The first kappa shape index (κ1) is 15.1. The molecule has 1 aromatic heterocycles. The van der Waals surface area contributed by atoms with Gasteiger partial charge in [0, 0.05) is 26.2 Å². The Morgan fingerprint density at radius 1 is 1.05 bits per heavy atom. The lowest BCUT2D eigenvalue weighted by Gasteiger charge is -2.26. The molecule has 0 aliphatic carbocycles. The molecule has 0 unspecified atom stereocenters. The van der Waals surface area contributed by atoms with Crippen molar-refractivity contribution in [1.82, 2.24) is 20.4 Å². The Kier molecular flexibility index (Phi) is 5.53. The number of aromatic nitrogens is 2. The van der Waals surface area contributed by atoms with E-state index >= 15 is 0 Å². The third-order valence-electron chi connectivity index (χ3n) is 3.69. The minimum atomic E-state index is 0.617. The molecule has 1 aromatic carbocycles. The lowest BCUT2D eigenvalue weighted by Crippen LogP contribution is -2.40. The van der Waals surface area contributed by atoms with E-state index in [-0.39, 0.29) is 0 Å². The fourth-order valence-corrected chi connectivity index (χ4v) is 2.46. The fraction of sp³-hybridized carbons (Fsp3) is 0.500. The van der Waals surface area contributed by atoms with Crippen molar-refractivity contribution in [1.29, 1.82) is 0 Å². The second kappa shape index (κ2) is 8.03. The molecule has 1 N–H and O–H groups in total. The van der Waals surface area contributed by atoms with Crippen LogP contribution in [0.4, 0.5) is 0 Å². The summed E-state index contributed by atoms with van der Waals surface area (Å²) in [5.74, 6) is 1.31. The summed E-state index contributed by atoms with van der Waals surface area (Å²) >= 11 is 0. The van der Waals surface area contributed by atoms with Crippen molar-refractivity contribution < 1.29 is 9.15 Å². The predicted octanol–water partition coefficient (Wildman–Crippen LogP) is 1.08. The van der Waals surface area contributed by atoms with Crippen LogP contribution >= 0.6 is 0 Å². The zero-order valence-electron chi connectivity index (χ0n) is 12.7. The van der Waals surface area contributed by atoms with Crippen molar-refractivity contribution in [3.8, 4) is 0 Å². The van der Waals surface area contributed by atoms with Crippen LogP contribution in [0.25, 0.3) is 0 Å². The van der Waals surface area contributed by atoms with Gasteiger partial charge in [0.05, 0.1) is 26.2 Å². The molecule has 2 aromatic rings. The van der Waals surface area contributed by atoms with Gasteiger partial charge in [0.25, 0.3) is 0 Å². The lowest BCUT2D eigenvalue weighted by atomic mass is 10.2. The number of ether oxygens (including phenoxy) is 1. The molecule has 0 radical (unpaired) electrons. The second-order valence-electron chi connectivity index (χ2n) is 5.38. The number of nitrogens with zero attached hydrogens (tertiary/aromatic N) is 3. The van der Waals surface area contributed by atoms with Crippen molar-refractivity contribution in [3.05, 3.63) is 47.7 Å². The van der Waals surface area contributed by atoms with Crippen LogP contribution in [-0.4, -0.2) is 54.5 Å². The van der Waals surface area contributed by atoms with E-state index in [4.69, 9.17) is 9.15 Å². The minimum absolute atomic E-state index is 0.617. The van der Waals surface area contributed by atoms with Crippen LogP contribution in [-0.2, 0) is 17.7 Å². The van der Waals surface area contributed by atoms with Gasteiger partial charge < -0.3 is 14.5 Å². The van der Waals surface area contributed by atoms with Crippen molar-refractivity contribution >= 4 is 0 Å². The first-order valence-corrected chi connectivity index (χ1v) is 7.76. The third kappa shape index (κ3) is 4.62. The van der Waals surface area contributed by atoms with E-state index in [9.17, 15) is 0 Å². The highest BCUT2D eigenvalue weighted by Gasteiger charge is 2.10. The average molecular weight is 302 g/mol. The van der Waals surface area contributed by atoms with E-state index in [0.717, 1.165) is 39.4 Å². The van der Waals surface area contributed by atoms with Crippen LogP contribution in [0.5, 0.6) is 0 Å². The van der Waals surface area contributed by atoms with E-state index in [0.29, 0.717) is 24.7 Å². The number of benzene rings is 1. The van der Waals surface area contributed by atoms with Crippen LogP contribution in [0.3, 0.4) is 0 Å². The molecule has 0 bridgehead atoms. The summed E-state index contributed by atoms with van der Waals surface area (Å²) in [5, 5.41) is 11.5. The molecule has 6 nitrogen and oxygen atoms in total. The van der Waals surface area contributed by atoms with Crippen LogP contribution in [0.1, 0.15) is 17.3 Å². The van der Waals surface area contributed by atoms with E-state index in [1.54, 1.807) is 0 Å². The largest absolute Gasteiger partial charge is 0.424 e. The highest BCUT2D eigenvalue weighted by Crippen LogP contribution is 2.08. The molecule has 1 fully saturated rings. The van der Waals surface area contributed by atoms with Gasteiger partial charge in [-0.2, -0.15) is 0 Å². The van der Waals surface area contributed by atoms with Gasteiger partial charge in [0.2, 0.25) is 11.8 Å². The Bertz CT molecular complexity index is 552. The van der Waals surface area contributed by atoms with E-state index < -0.39 is 0 Å². The average Bonchev–Trinajstić information content (AvgIpc) is 3.01. The highest BCUT2D eigenvalue weighted by molar-refractivity contribution is 5.17. The van der Waals surface area contributed by atoms with Gasteiger partial charge in [-0.15, -0.1) is 10.2 Å². The number of hydrogen-bond donors (Lipinski definition) is 1. The molecular weight excluding hydrogens is 280 g/mol. The summed E-state index contributed by atoms with van der Waals surface area (Å²) in [6.45, 7) is 6.27. The summed E-state index contributed by atoms with van der Waals surface area (Å²) < 4.78 is 11.0. The summed E-state index contributed by atoms with van der Waals surface area (Å²) in [6.07, 6.45) is 0.682. The second-order valence-corrected chi connectivity index (χ2v) is 5.38. The van der Waals surface area contributed by atoms with E-state index in [1.165, 1.54) is 5.56 Å². The molecule has 0 saturated carbocycles. The monoisotopic (exact) mass is 302 g/mol. The quantitative estimate of drug-likeness (QED) is 0.772. The Balaban J connectivity index is 1.38. The molecule has 118 valence electrons. The topological polar surface area (TPSA) is 63.4 Å². The maximum atomic E-state index is 5.66. The third-order valence-corrected chi connectivity index (χ3v) is 3.69. The van der Waals surface area contributed by atoms with Gasteiger partial charge in [-0.1, -0.05) is 30.3 Å². The van der Waals surface area contributed by atoms with E-state index in [1.807, 2.05) is 18.2 Å². The SMILES string of the molecule is c1ccc(Cc2nnc(CNCCN3CCOCC3)o2)cc1. The van der Waals surface area contributed by atoms with Gasteiger partial charge in [0.15, 0.2) is 0 Å². The zero-order valence-corrected chi connectivity index (χ0v) is 12.7. The van der Waals surface area contributed by atoms with Gasteiger partial charge in [-0.05, 0) is 5.56 Å². The van der Waals surface area contributed by atoms with Gasteiger partial charge in [0.1, 0.15) is 0 Å². The molecule has 1 aliphatic rings. The van der Waals surface area contributed by atoms with Crippen LogP contribution < -0.4 is 5.32 Å². The molecule has 1 saturated heterocycles. The highest BCUT2D eigenvalue weighted by atomic mass is 16.5. The minimum Gasteiger partial charge on any atom is -0.424 e. The van der Waals surface area contributed by atoms with Crippen molar-refractivity contribution in [2.45, 2.75) is 13.0 Å². The summed E-state index contributed by atoms with van der Waals surface area (Å²) in [4.78, 5) is 2.39. The van der Waals surface area contributed by atoms with Gasteiger partial charge in [-0.3, -0.25) is 4.90 Å². The van der Waals surface area contributed by atoms with Gasteiger partial charge in [-0.25, -0.2) is 0 Å². The maximum absolute atomic E-state index is 5.66. The van der Waals surface area contributed by atoms with Crippen molar-refractivity contribution in [2.75, 3.05) is 39.4 Å². The molecule has 0 spiro atoms. The number of rotatable bonds is 7. The molecule has 0 amide bonds. The van der Waals surface area contributed by atoms with Gasteiger partial charge >= 0.3 is 0 Å². The molecule has 6 heteroatoms. The fourth-order valence-electron chi connectivity index (χ4n) is 2.46. The molecular formula is C16H22N4O2. The summed E-state index contributed by atoms with van der Waals surface area (Å²) in [6, 6.07) is 10.1. The molecule has 3 rings (SSSR count). The standard InChI is InChI=1S/C16H22N4O2/c1-2-4-14(5-3-1)12-15-18-19-16(22-15)13-17-6-7-20-8-10-21-11-9-20/h1-5,17H,6-13H2. The van der Waals surface area contributed by atoms with Crippen LogP contribution in [0, 0.1) is 0 Å². The predicted molar refractivity (Wildman–Crippen MR) is 82.5 cm³/mol. The summed E-state index contributed by atoms with van der Waals surface area (Å²) in [7, 11) is 0. The molecule has 0 atom stereocenters. The lowest BCUT2D eigenvalue weighted by molar-refractivity contribution is 0.0383. The zero-order chi connectivity index (χ0) is 15.0. The van der Waals surface area contributed by atoms with E-state index in [2.05, 4.69) is 32.5 Å². The molecule has 22 heavy (non-hydrogen) atoms. The smallest absolute Gasteiger partial charge is 0.230 e. The first-order valence-electron chi connectivity index (χ1n) is 7.76. The van der Waals surface area contributed by atoms with Crippen LogP contribution in [0.15, 0.2) is 34.7 Å². The Morgan fingerprint density at radius 3 is 2.64 bits per heavy atom. The molecule has 1 aliphatic heterocycles. The first-order chi connectivity index (χ1) is 10.9. The normalized spacial score (nSPS) is 16.0. The number of hydrogen-bond acceptors (Lipinski definition) is 6. The number of morpholine rings is 1. The summed E-state index contributed by atoms with van der Waals surface area (Å²) in [5.41, 5.74) is 1.18. The van der Waals surface area contributed by atoms with Crippen molar-refractivity contribution in [2.24, 2.45) is 0 Å². The Morgan fingerprint density at radius 2 is 1.82 bits per heavy atom. The Hall–Kier alpha value is -1.76. The van der Waals surface area contributed by atoms with Crippen LogP contribution in [0.2, 0.25) is 0 Å².